The number of hydrogen-bond acceptors (Lipinski definition) is 4. The van der Waals surface area contributed by atoms with Gasteiger partial charge in [-0.15, -0.1) is 0 Å². The number of carbonyl (C=O) groups excluding carboxylic acids is 2. The van der Waals surface area contributed by atoms with Gasteiger partial charge >= 0.3 is 0 Å². The van der Waals surface area contributed by atoms with E-state index in [0.717, 1.165) is 5.56 Å². The predicted molar refractivity (Wildman–Crippen MR) is 74.0 cm³/mol. The first-order chi connectivity index (χ1) is 9.69. The topological polar surface area (TPSA) is 90.8 Å². The molecule has 3 N–H and O–H groups in total. The Morgan fingerprint density at radius 1 is 1.35 bits per heavy atom. The summed E-state index contributed by atoms with van der Waals surface area (Å²) in [5, 5.41) is 15.8. The molecule has 0 aliphatic carbocycles. The van der Waals surface area contributed by atoms with E-state index in [-0.39, 0.29) is 36.6 Å². The number of nitrogens with zero attached hydrogens (tertiary/aromatic N) is 1. The second kappa shape index (κ2) is 6.81. The second-order valence-corrected chi connectivity index (χ2v) is 4.64. The monoisotopic (exact) mass is 275 g/mol. The summed E-state index contributed by atoms with van der Waals surface area (Å²) in [5.74, 6) is -0.537. The van der Waals surface area contributed by atoms with Crippen LogP contribution in [-0.4, -0.2) is 35.3 Å². The van der Waals surface area contributed by atoms with Gasteiger partial charge in [-0.2, -0.15) is 5.10 Å². The number of hydrazone groups is 1. The largest absolute Gasteiger partial charge is 0.394 e. The quantitative estimate of drug-likeness (QED) is 0.705. The molecule has 6 nitrogen and oxygen atoms in total. The molecule has 1 aromatic rings. The molecule has 0 spiro atoms. The highest BCUT2D eigenvalue weighted by atomic mass is 16.3. The number of nitrogens with one attached hydrogen (secondary N) is 2. The first kappa shape index (κ1) is 14.2. The maximum Gasteiger partial charge on any atom is 0.267 e. The van der Waals surface area contributed by atoms with Gasteiger partial charge in [-0.25, -0.2) is 5.43 Å². The number of hydrogen-bond donors (Lipinski definition) is 3. The summed E-state index contributed by atoms with van der Waals surface area (Å²) in [7, 11) is 0. The van der Waals surface area contributed by atoms with Crippen molar-refractivity contribution in [1.82, 2.24) is 10.7 Å². The van der Waals surface area contributed by atoms with Crippen molar-refractivity contribution >= 4 is 17.5 Å². The van der Waals surface area contributed by atoms with Crippen LogP contribution in [0.4, 0.5) is 0 Å². The Kier molecular flexibility index (Phi) is 4.84. The van der Waals surface area contributed by atoms with Crippen molar-refractivity contribution in [2.45, 2.75) is 25.3 Å². The zero-order chi connectivity index (χ0) is 14.4. The molecular weight excluding hydrogens is 258 g/mol. The van der Waals surface area contributed by atoms with E-state index < -0.39 is 0 Å². The molecule has 0 saturated carbocycles. The molecule has 1 aliphatic rings. The van der Waals surface area contributed by atoms with Gasteiger partial charge in [0.05, 0.1) is 12.6 Å². The summed E-state index contributed by atoms with van der Waals surface area (Å²) in [6, 6.07) is 9.24. The molecule has 2 rings (SSSR count). The minimum absolute atomic E-state index is 0.153. The number of amides is 2. The average molecular weight is 275 g/mol. The molecule has 0 radical (unpaired) electrons. The van der Waals surface area contributed by atoms with Crippen molar-refractivity contribution in [2.24, 2.45) is 5.10 Å². The highest BCUT2D eigenvalue weighted by Crippen LogP contribution is 2.04. The maximum absolute atomic E-state index is 12.0. The van der Waals surface area contributed by atoms with E-state index in [1.54, 1.807) is 0 Å². The molecule has 1 aromatic carbocycles. The van der Waals surface area contributed by atoms with Crippen LogP contribution in [0, 0.1) is 0 Å². The first-order valence-electron chi connectivity index (χ1n) is 6.50. The van der Waals surface area contributed by atoms with Gasteiger partial charge in [0.15, 0.2) is 0 Å². The van der Waals surface area contributed by atoms with Crippen LogP contribution >= 0.6 is 0 Å². The lowest BCUT2D eigenvalue weighted by Crippen LogP contribution is -2.44. The van der Waals surface area contributed by atoms with Crippen molar-refractivity contribution in [1.29, 1.82) is 0 Å². The van der Waals surface area contributed by atoms with Gasteiger partial charge in [-0.3, -0.25) is 9.59 Å². The van der Waals surface area contributed by atoms with Crippen molar-refractivity contribution < 1.29 is 14.7 Å². The summed E-state index contributed by atoms with van der Waals surface area (Å²) in [4.78, 5) is 22.9. The molecule has 1 unspecified atom stereocenters. The van der Waals surface area contributed by atoms with E-state index >= 15 is 0 Å². The zero-order valence-electron chi connectivity index (χ0n) is 11.0. The standard InChI is InChI=1S/C14H17N3O3/c18-9-11(8-10-4-2-1-3-5-10)15-14(20)12-6-7-13(19)17-16-12/h1-5,11,18H,6-9H2,(H,15,20)(H,17,19). The Bertz CT molecular complexity index is 514. The molecule has 20 heavy (non-hydrogen) atoms. The highest BCUT2D eigenvalue weighted by molar-refractivity contribution is 6.39. The summed E-state index contributed by atoms with van der Waals surface area (Å²) >= 11 is 0. The number of carbonyl (C=O) groups is 2. The van der Waals surface area contributed by atoms with Crippen molar-refractivity contribution in [3.8, 4) is 0 Å². The molecule has 2 amide bonds. The maximum atomic E-state index is 12.0. The van der Waals surface area contributed by atoms with Gasteiger partial charge < -0.3 is 10.4 Å². The van der Waals surface area contributed by atoms with Crippen LogP contribution in [0.5, 0.6) is 0 Å². The second-order valence-electron chi connectivity index (χ2n) is 4.64. The van der Waals surface area contributed by atoms with Crippen LogP contribution < -0.4 is 10.7 Å². The molecule has 1 atom stereocenters. The SMILES string of the molecule is O=C1CCC(C(=O)NC(CO)Cc2ccccc2)=NN1. The number of aliphatic hydroxyl groups is 1. The van der Waals surface area contributed by atoms with Crippen LogP contribution in [0.2, 0.25) is 0 Å². The Morgan fingerprint density at radius 2 is 2.10 bits per heavy atom. The molecule has 1 aliphatic heterocycles. The predicted octanol–water partition coefficient (Wildman–Crippen LogP) is -0.0278. The fourth-order valence-electron chi connectivity index (χ4n) is 1.97. The fourth-order valence-corrected chi connectivity index (χ4v) is 1.97. The third kappa shape index (κ3) is 3.89. The van der Waals surface area contributed by atoms with Gasteiger partial charge in [0, 0.05) is 12.8 Å². The Hall–Kier alpha value is -2.21. The Balaban J connectivity index is 1.93. The molecule has 6 heteroatoms. The van der Waals surface area contributed by atoms with Crippen LogP contribution in [-0.2, 0) is 16.0 Å². The number of benzene rings is 1. The molecular formula is C14H17N3O3. The van der Waals surface area contributed by atoms with Gasteiger partial charge in [0.1, 0.15) is 5.71 Å². The molecule has 0 saturated heterocycles. The molecule has 0 fully saturated rings. The molecule has 1 heterocycles. The first-order valence-corrected chi connectivity index (χ1v) is 6.50. The molecule has 106 valence electrons. The normalized spacial score (nSPS) is 16.1. The van der Waals surface area contributed by atoms with Gasteiger partial charge in [-0.1, -0.05) is 30.3 Å². The van der Waals surface area contributed by atoms with E-state index in [1.165, 1.54) is 0 Å². The van der Waals surface area contributed by atoms with Crippen LogP contribution in [0.1, 0.15) is 18.4 Å². The van der Waals surface area contributed by atoms with Crippen molar-refractivity contribution in [3.63, 3.8) is 0 Å². The van der Waals surface area contributed by atoms with E-state index in [1.807, 2.05) is 30.3 Å². The smallest absolute Gasteiger partial charge is 0.267 e. The van der Waals surface area contributed by atoms with E-state index in [0.29, 0.717) is 12.8 Å². The van der Waals surface area contributed by atoms with Crippen molar-refractivity contribution in [2.75, 3.05) is 6.61 Å². The highest BCUT2D eigenvalue weighted by Gasteiger charge is 2.20. The third-order valence-electron chi connectivity index (χ3n) is 3.05. The lowest BCUT2D eigenvalue weighted by Gasteiger charge is -2.18. The van der Waals surface area contributed by atoms with Crippen LogP contribution in [0.15, 0.2) is 35.4 Å². The third-order valence-corrected chi connectivity index (χ3v) is 3.05. The average Bonchev–Trinajstić information content (AvgIpc) is 2.48. The molecule has 0 aromatic heterocycles. The minimum atomic E-state index is -0.370. The van der Waals surface area contributed by atoms with E-state index in [2.05, 4.69) is 15.8 Å². The van der Waals surface area contributed by atoms with Crippen molar-refractivity contribution in [3.05, 3.63) is 35.9 Å². The lowest BCUT2D eigenvalue weighted by molar-refractivity contribution is -0.121. The minimum Gasteiger partial charge on any atom is -0.394 e. The van der Waals surface area contributed by atoms with Gasteiger partial charge in [-0.05, 0) is 12.0 Å². The Morgan fingerprint density at radius 3 is 2.70 bits per heavy atom. The fraction of sp³-hybridized carbons (Fsp3) is 0.357. The zero-order valence-corrected chi connectivity index (χ0v) is 11.0. The number of aliphatic hydroxyl groups excluding tert-OH is 1. The van der Waals surface area contributed by atoms with Gasteiger partial charge in [0.25, 0.3) is 5.91 Å². The summed E-state index contributed by atoms with van der Waals surface area (Å²) in [6.07, 6.45) is 1.12. The number of rotatable bonds is 5. The summed E-state index contributed by atoms with van der Waals surface area (Å²) in [5.41, 5.74) is 3.60. The van der Waals surface area contributed by atoms with Crippen LogP contribution in [0.3, 0.4) is 0 Å². The van der Waals surface area contributed by atoms with Gasteiger partial charge in [0.2, 0.25) is 5.91 Å². The lowest BCUT2D eigenvalue weighted by atomic mass is 10.1. The summed E-state index contributed by atoms with van der Waals surface area (Å²) in [6.45, 7) is -0.153. The van der Waals surface area contributed by atoms with E-state index in [4.69, 9.17) is 0 Å². The van der Waals surface area contributed by atoms with E-state index in [9.17, 15) is 14.7 Å². The summed E-state index contributed by atoms with van der Waals surface area (Å²) < 4.78 is 0. The molecule has 0 bridgehead atoms. The Labute approximate surface area is 116 Å². The van der Waals surface area contributed by atoms with Crippen LogP contribution in [0.25, 0.3) is 0 Å².